The molecule has 29 heavy (non-hydrogen) atoms. The third-order valence-corrected chi connectivity index (χ3v) is 5.88. The quantitative estimate of drug-likeness (QED) is 0.606. The summed E-state index contributed by atoms with van der Waals surface area (Å²) in [6, 6.07) is 22.7. The summed E-state index contributed by atoms with van der Waals surface area (Å²) in [5.74, 6) is -0.158. The van der Waals surface area contributed by atoms with Crippen LogP contribution in [0.1, 0.15) is 32.7 Å². The first-order valence-corrected chi connectivity index (χ1v) is 10.8. The van der Waals surface area contributed by atoms with E-state index in [2.05, 4.69) is 5.32 Å². The highest BCUT2D eigenvalue weighted by molar-refractivity contribution is 7.98. The molecule has 1 heterocycles. The van der Waals surface area contributed by atoms with Crippen molar-refractivity contribution in [1.29, 1.82) is 0 Å². The molecule has 1 aliphatic heterocycles. The molecule has 0 saturated heterocycles. The predicted octanol–water partition coefficient (Wildman–Crippen LogP) is 5.25. The zero-order chi connectivity index (χ0) is 20.2. The lowest BCUT2D eigenvalue weighted by Crippen LogP contribution is -2.35. The second-order valence-electron chi connectivity index (χ2n) is 6.92. The van der Waals surface area contributed by atoms with E-state index in [0.29, 0.717) is 23.4 Å². The van der Waals surface area contributed by atoms with Gasteiger partial charge in [-0.05, 0) is 61.1 Å². The van der Waals surface area contributed by atoms with Gasteiger partial charge >= 0.3 is 0 Å². The number of hydrogen-bond acceptors (Lipinski definition) is 3. The number of thioether (sulfide) groups is 1. The van der Waals surface area contributed by atoms with Crippen LogP contribution in [0.15, 0.2) is 77.7 Å². The van der Waals surface area contributed by atoms with Gasteiger partial charge in [0.25, 0.3) is 11.8 Å². The fraction of sp³-hybridized carbons (Fsp3) is 0.167. The van der Waals surface area contributed by atoms with E-state index < -0.39 is 0 Å². The van der Waals surface area contributed by atoms with Crippen molar-refractivity contribution >= 4 is 35.0 Å². The largest absolute Gasteiger partial charge is 0.322 e. The number of nitrogens with zero attached hydrogens (tertiary/aromatic N) is 1. The van der Waals surface area contributed by atoms with Crippen LogP contribution in [0.3, 0.4) is 0 Å². The van der Waals surface area contributed by atoms with Gasteiger partial charge in [0.15, 0.2) is 0 Å². The number of carbonyl (C=O) groups excluding carboxylic acids is 2. The summed E-state index contributed by atoms with van der Waals surface area (Å²) >= 11 is 1.55. The van der Waals surface area contributed by atoms with E-state index in [1.54, 1.807) is 11.8 Å². The van der Waals surface area contributed by atoms with Crippen LogP contribution in [-0.2, 0) is 6.42 Å². The van der Waals surface area contributed by atoms with Crippen molar-refractivity contribution in [3.05, 3.63) is 89.5 Å². The molecule has 1 aliphatic rings. The molecule has 146 valence electrons. The number of carbonyl (C=O) groups is 2. The van der Waals surface area contributed by atoms with Gasteiger partial charge in [-0.3, -0.25) is 9.59 Å². The molecule has 0 aliphatic carbocycles. The molecule has 0 atom stereocenters. The third kappa shape index (κ3) is 4.05. The average molecular weight is 403 g/mol. The van der Waals surface area contributed by atoms with Crippen LogP contribution in [-0.4, -0.2) is 24.6 Å². The lowest BCUT2D eigenvalue weighted by molar-refractivity contribution is 0.0984. The molecule has 4 rings (SSSR count). The average Bonchev–Trinajstić information content (AvgIpc) is 2.78. The van der Waals surface area contributed by atoms with Crippen molar-refractivity contribution < 1.29 is 9.59 Å². The fourth-order valence-corrected chi connectivity index (χ4v) is 4.23. The molecule has 3 aromatic rings. The van der Waals surface area contributed by atoms with Crippen LogP contribution in [0.4, 0.5) is 11.4 Å². The van der Waals surface area contributed by atoms with Gasteiger partial charge in [-0.25, -0.2) is 0 Å². The molecule has 1 N–H and O–H groups in total. The maximum atomic E-state index is 13.0. The van der Waals surface area contributed by atoms with Crippen LogP contribution < -0.4 is 10.2 Å². The van der Waals surface area contributed by atoms with E-state index >= 15 is 0 Å². The van der Waals surface area contributed by atoms with E-state index in [9.17, 15) is 9.59 Å². The van der Waals surface area contributed by atoms with Crippen molar-refractivity contribution in [2.24, 2.45) is 0 Å². The van der Waals surface area contributed by atoms with Crippen LogP contribution >= 0.6 is 11.8 Å². The third-order valence-electron chi connectivity index (χ3n) is 5.08. The lowest BCUT2D eigenvalue weighted by Gasteiger charge is -2.30. The number of rotatable bonds is 4. The maximum Gasteiger partial charge on any atom is 0.258 e. The SMILES string of the molecule is CSc1ccccc1C(=O)Nc1ccc2c(c1)N(C(=O)c1ccccc1)CCC2. The van der Waals surface area contributed by atoms with Gasteiger partial charge in [-0.2, -0.15) is 0 Å². The van der Waals surface area contributed by atoms with Gasteiger partial charge in [0.2, 0.25) is 0 Å². The minimum absolute atomic E-state index is 0.0113. The summed E-state index contributed by atoms with van der Waals surface area (Å²) in [6.45, 7) is 0.674. The monoisotopic (exact) mass is 402 g/mol. The molecule has 2 amide bonds. The van der Waals surface area contributed by atoms with E-state index in [-0.39, 0.29) is 11.8 Å². The fourth-order valence-electron chi connectivity index (χ4n) is 3.63. The number of anilines is 2. The Morgan fingerprint density at radius 3 is 2.52 bits per heavy atom. The highest BCUT2D eigenvalue weighted by Crippen LogP contribution is 2.32. The molecule has 0 unspecified atom stereocenters. The number of benzene rings is 3. The zero-order valence-corrected chi connectivity index (χ0v) is 17.0. The summed E-state index contributed by atoms with van der Waals surface area (Å²) in [5.41, 5.74) is 4.01. The van der Waals surface area contributed by atoms with Crippen LogP contribution in [0.2, 0.25) is 0 Å². The number of hydrogen-bond donors (Lipinski definition) is 1. The molecule has 0 aromatic heterocycles. The minimum atomic E-state index is -0.147. The van der Waals surface area contributed by atoms with Crippen molar-refractivity contribution in [2.75, 3.05) is 23.0 Å². The van der Waals surface area contributed by atoms with E-state index in [4.69, 9.17) is 0 Å². The zero-order valence-electron chi connectivity index (χ0n) is 16.2. The highest BCUT2D eigenvalue weighted by atomic mass is 32.2. The van der Waals surface area contributed by atoms with Gasteiger partial charge in [-0.1, -0.05) is 36.4 Å². The van der Waals surface area contributed by atoms with Crippen molar-refractivity contribution in [1.82, 2.24) is 0 Å². The molecule has 4 nitrogen and oxygen atoms in total. The molecule has 0 radical (unpaired) electrons. The first-order chi connectivity index (χ1) is 14.2. The summed E-state index contributed by atoms with van der Waals surface area (Å²) < 4.78 is 0. The Morgan fingerprint density at radius 2 is 1.72 bits per heavy atom. The second kappa shape index (κ2) is 8.53. The molecular formula is C24H22N2O2S. The number of aryl methyl sites for hydroxylation is 1. The molecule has 0 bridgehead atoms. The van der Waals surface area contributed by atoms with Crippen LogP contribution in [0.5, 0.6) is 0 Å². The van der Waals surface area contributed by atoms with Crippen molar-refractivity contribution in [3.8, 4) is 0 Å². The number of nitrogens with one attached hydrogen (secondary N) is 1. The molecule has 0 fully saturated rings. The van der Waals surface area contributed by atoms with Gasteiger partial charge in [-0.15, -0.1) is 11.8 Å². The molecular weight excluding hydrogens is 380 g/mol. The number of amides is 2. The summed E-state index contributed by atoms with van der Waals surface area (Å²) in [5, 5.41) is 2.99. The second-order valence-corrected chi connectivity index (χ2v) is 7.77. The summed E-state index contributed by atoms with van der Waals surface area (Å²) in [7, 11) is 0. The Morgan fingerprint density at radius 1 is 0.966 bits per heavy atom. The van der Waals surface area contributed by atoms with Crippen molar-refractivity contribution in [2.45, 2.75) is 17.7 Å². The molecule has 3 aromatic carbocycles. The Kier molecular flexibility index (Phi) is 5.67. The summed E-state index contributed by atoms with van der Waals surface area (Å²) in [4.78, 5) is 28.6. The topological polar surface area (TPSA) is 49.4 Å². The Labute approximate surface area is 174 Å². The standard InChI is InChI=1S/C24H22N2O2S/c1-29-22-12-6-5-11-20(22)23(27)25-19-14-13-17-10-7-15-26(21(17)16-19)24(28)18-8-3-2-4-9-18/h2-6,8-9,11-14,16H,7,10,15H2,1H3,(H,25,27). The highest BCUT2D eigenvalue weighted by Gasteiger charge is 2.24. The van der Waals surface area contributed by atoms with E-state index in [1.807, 2.05) is 84.0 Å². The first kappa shape index (κ1) is 19.3. The van der Waals surface area contributed by atoms with Crippen LogP contribution in [0, 0.1) is 0 Å². The van der Waals surface area contributed by atoms with Gasteiger partial charge in [0, 0.05) is 28.4 Å². The normalized spacial score (nSPS) is 12.9. The van der Waals surface area contributed by atoms with Crippen molar-refractivity contribution in [3.63, 3.8) is 0 Å². The predicted molar refractivity (Wildman–Crippen MR) is 119 cm³/mol. The Balaban J connectivity index is 1.62. The molecule has 0 saturated carbocycles. The van der Waals surface area contributed by atoms with E-state index in [1.165, 1.54) is 0 Å². The van der Waals surface area contributed by atoms with Gasteiger partial charge in [0.1, 0.15) is 0 Å². The minimum Gasteiger partial charge on any atom is -0.322 e. The van der Waals surface area contributed by atoms with Gasteiger partial charge < -0.3 is 10.2 Å². The molecule has 0 spiro atoms. The summed E-state index contributed by atoms with van der Waals surface area (Å²) in [6.07, 6.45) is 3.81. The Bertz CT molecular complexity index is 1050. The smallest absolute Gasteiger partial charge is 0.258 e. The maximum absolute atomic E-state index is 13.0. The lowest BCUT2D eigenvalue weighted by atomic mass is 10.00. The van der Waals surface area contributed by atoms with E-state index in [0.717, 1.165) is 29.0 Å². The Hall–Kier alpha value is -3.05. The van der Waals surface area contributed by atoms with Crippen LogP contribution in [0.25, 0.3) is 0 Å². The van der Waals surface area contributed by atoms with Gasteiger partial charge in [0.05, 0.1) is 5.56 Å². The number of fused-ring (bicyclic) bond motifs is 1. The molecule has 5 heteroatoms. The first-order valence-electron chi connectivity index (χ1n) is 9.61.